The molecule has 1 N–H and O–H groups in total. The van der Waals surface area contributed by atoms with Gasteiger partial charge >= 0.3 is 0 Å². The number of rotatable bonds is 14. The molecule has 0 bridgehead atoms. The van der Waals surface area contributed by atoms with E-state index in [1.165, 1.54) is 17.3 Å². The van der Waals surface area contributed by atoms with E-state index in [-0.39, 0.29) is 11.7 Å². The minimum atomic E-state index is -3.12. The molecule has 1 heterocycles. The van der Waals surface area contributed by atoms with Crippen LogP contribution in [0.4, 0.5) is 8.78 Å². The zero-order valence-electron chi connectivity index (χ0n) is 24.9. The van der Waals surface area contributed by atoms with Gasteiger partial charge in [-0.25, -0.2) is 0 Å². The Bertz CT molecular complexity index is 1020. The number of carbonyl (C=O) groups is 1. The average molecular weight is 552 g/mol. The highest BCUT2D eigenvalue weighted by Crippen LogP contribution is 2.37. The number of carbonyl (C=O) groups excluding carboxylic acids is 1. The highest BCUT2D eigenvalue weighted by Gasteiger charge is 2.30. The van der Waals surface area contributed by atoms with Gasteiger partial charge in [-0.15, -0.1) is 0 Å². The molecule has 8 heteroatoms. The van der Waals surface area contributed by atoms with Crippen molar-refractivity contribution in [3.63, 3.8) is 0 Å². The maximum atomic E-state index is 13.7. The molecule has 1 rings (SSSR count). The first-order valence-electron chi connectivity index (χ1n) is 13.4. The number of alkyl halides is 2. The zero-order chi connectivity index (χ0) is 29.5. The second kappa shape index (κ2) is 17.8. The van der Waals surface area contributed by atoms with Crippen LogP contribution in [0.2, 0.25) is 0 Å². The molecule has 1 aromatic rings. The van der Waals surface area contributed by atoms with Gasteiger partial charge in [0.1, 0.15) is 11.4 Å². The number of thioether (sulfide) groups is 1. The molecule has 0 radical (unpaired) electrons. The van der Waals surface area contributed by atoms with Crippen molar-refractivity contribution in [2.24, 2.45) is 7.05 Å². The summed E-state index contributed by atoms with van der Waals surface area (Å²) < 4.78 is 34.4. The van der Waals surface area contributed by atoms with Crippen molar-refractivity contribution in [1.82, 2.24) is 15.1 Å². The minimum absolute atomic E-state index is 0.0791. The first-order chi connectivity index (χ1) is 17.9. The lowest BCUT2D eigenvalue weighted by atomic mass is 10.1. The molecule has 214 valence electrons. The molecule has 1 amide bonds. The third-order valence-corrected chi connectivity index (χ3v) is 7.07. The van der Waals surface area contributed by atoms with Gasteiger partial charge in [0.25, 0.3) is 11.8 Å². The number of ether oxygens (including phenoxy) is 1. The van der Waals surface area contributed by atoms with Crippen molar-refractivity contribution in [2.45, 2.75) is 93.5 Å². The number of allylic oxidation sites excluding steroid dienone is 7. The molecule has 1 unspecified atom stereocenters. The lowest BCUT2D eigenvalue weighted by molar-refractivity contribution is 0.0122. The van der Waals surface area contributed by atoms with E-state index in [0.717, 1.165) is 53.4 Å². The summed E-state index contributed by atoms with van der Waals surface area (Å²) in [4.78, 5) is 14.9. The summed E-state index contributed by atoms with van der Waals surface area (Å²) in [5, 5.41) is 6.73. The van der Waals surface area contributed by atoms with Gasteiger partial charge in [-0.2, -0.15) is 13.9 Å². The molecule has 38 heavy (non-hydrogen) atoms. The van der Waals surface area contributed by atoms with Gasteiger partial charge in [0.05, 0.1) is 18.4 Å². The maximum absolute atomic E-state index is 13.7. The van der Waals surface area contributed by atoms with Crippen LogP contribution < -0.4 is 5.32 Å². The van der Waals surface area contributed by atoms with Crippen LogP contribution in [0.3, 0.4) is 0 Å². The van der Waals surface area contributed by atoms with Crippen molar-refractivity contribution in [3.05, 3.63) is 75.1 Å². The summed E-state index contributed by atoms with van der Waals surface area (Å²) in [6, 6.07) is 0.777. The zero-order valence-corrected chi connectivity index (χ0v) is 25.7. The highest BCUT2D eigenvalue weighted by molar-refractivity contribution is 8.07. The SMILES string of the molecule is C=C/C=C(\C=C(/CCC)OCC)C(S/C(=C\C)C(C)NC(=O)c1cc(C(C)(F)F)nn1C)=C(C)CC.CC. The number of halogens is 2. The van der Waals surface area contributed by atoms with Crippen molar-refractivity contribution in [2.75, 3.05) is 6.61 Å². The van der Waals surface area contributed by atoms with E-state index in [1.54, 1.807) is 17.8 Å². The van der Waals surface area contributed by atoms with E-state index in [9.17, 15) is 13.6 Å². The molecule has 0 saturated heterocycles. The molecule has 0 saturated carbocycles. The van der Waals surface area contributed by atoms with E-state index < -0.39 is 17.5 Å². The van der Waals surface area contributed by atoms with Crippen LogP contribution in [0.15, 0.2) is 63.7 Å². The Morgan fingerprint density at radius 2 is 1.95 bits per heavy atom. The van der Waals surface area contributed by atoms with Gasteiger partial charge in [0.2, 0.25) is 0 Å². The predicted molar refractivity (Wildman–Crippen MR) is 158 cm³/mol. The fourth-order valence-electron chi connectivity index (χ4n) is 3.41. The molecule has 0 aliphatic rings. The van der Waals surface area contributed by atoms with Crippen molar-refractivity contribution >= 4 is 17.7 Å². The Kier molecular flexibility index (Phi) is 16.6. The number of nitrogens with one attached hydrogen (secondary N) is 1. The number of aromatic nitrogens is 2. The average Bonchev–Trinajstić information content (AvgIpc) is 3.28. The highest BCUT2D eigenvalue weighted by atomic mass is 32.2. The summed E-state index contributed by atoms with van der Waals surface area (Å²) in [6.07, 6.45) is 10.4. The Morgan fingerprint density at radius 3 is 2.39 bits per heavy atom. The van der Waals surface area contributed by atoms with E-state index in [2.05, 4.69) is 43.8 Å². The standard InChI is InChI=1S/C28H41F2N3O2S.C2H6/c1-10-15-21(17-22(16-11-2)35-14-5)26(19(6)12-3)36-24(13-4)20(7)31-27(34)23-18-25(28(8,29)30)32-33(23)9;1-2/h10,13,15,17-18,20H,1,11-12,14,16H2,2-9H3,(H,31,34);1-2H3/b21-15+,22-17+,24-13-,26-19?;. The van der Waals surface area contributed by atoms with Crippen LogP contribution in [0.5, 0.6) is 0 Å². The fourth-order valence-corrected chi connectivity index (χ4v) is 4.56. The van der Waals surface area contributed by atoms with Gasteiger partial charge in [-0.1, -0.05) is 69.8 Å². The Morgan fingerprint density at radius 1 is 1.32 bits per heavy atom. The third-order valence-electron chi connectivity index (χ3n) is 5.46. The van der Waals surface area contributed by atoms with Crippen molar-refractivity contribution in [3.8, 4) is 0 Å². The molecular formula is C30H47F2N3O2S. The number of hydrogen-bond acceptors (Lipinski definition) is 4. The smallest absolute Gasteiger partial charge is 0.288 e. The minimum Gasteiger partial charge on any atom is -0.498 e. The second-order valence-electron chi connectivity index (χ2n) is 8.53. The quantitative estimate of drug-likeness (QED) is 0.185. The van der Waals surface area contributed by atoms with E-state index >= 15 is 0 Å². The van der Waals surface area contributed by atoms with Crippen LogP contribution >= 0.6 is 11.8 Å². The van der Waals surface area contributed by atoms with E-state index in [0.29, 0.717) is 6.61 Å². The van der Waals surface area contributed by atoms with Crippen LogP contribution in [0, 0.1) is 0 Å². The summed E-state index contributed by atoms with van der Waals surface area (Å²) in [5.74, 6) is -2.67. The summed E-state index contributed by atoms with van der Waals surface area (Å²) >= 11 is 1.58. The number of amides is 1. The largest absolute Gasteiger partial charge is 0.498 e. The summed E-state index contributed by atoms with van der Waals surface area (Å²) in [6.45, 7) is 21.3. The molecule has 0 aromatic carbocycles. The number of hydrogen-bond donors (Lipinski definition) is 1. The maximum Gasteiger partial charge on any atom is 0.288 e. The Hall–Kier alpha value is -2.61. The van der Waals surface area contributed by atoms with E-state index in [1.807, 2.05) is 46.8 Å². The molecule has 1 aromatic heterocycles. The van der Waals surface area contributed by atoms with Gasteiger partial charge in [-0.3, -0.25) is 9.48 Å². The fraction of sp³-hybridized carbons (Fsp3) is 0.533. The first-order valence-corrected chi connectivity index (χ1v) is 14.2. The molecule has 0 fully saturated rings. The lowest BCUT2D eigenvalue weighted by Gasteiger charge is -2.21. The summed E-state index contributed by atoms with van der Waals surface area (Å²) in [5.41, 5.74) is 1.83. The molecule has 0 aliphatic heterocycles. The molecular weight excluding hydrogens is 504 g/mol. The van der Waals surface area contributed by atoms with Gasteiger partial charge in [-0.05, 0) is 58.3 Å². The molecule has 0 spiro atoms. The van der Waals surface area contributed by atoms with Crippen molar-refractivity contribution in [1.29, 1.82) is 0 Å². The number of aryl methyl sites for hydroxylation is 1. The topological polar surface area (TPSA) is 56.1 Å². The van der Waals surface area contributed by atoms with Crippen LogP contribution in [-0.4, -0.2) is 28.3 Å². The van der Waals surface area contributed by atoms with Crippen LogP contribution in [0.25, 0.3) is 0 Å². The first kappa shape index (κ1) is 35.4. The monoisotopic (exact) mass is 551 g/mol. The summed E-state index contributed by atoms with van der Waals surface area (Å²) in [7, 11) is 1.48. The Labute approximate surface area is 233 Å². The second-order valence-corrected chi connectivity index (χ2v) is 9.61. The van der Waals surface area contributed by atoms with Crippen LogP contribution in [0.1, 0.15) is 97.8 Å². The van der Waals surface area contributed by atoms with Crippen molar-refractivity contribution < 1.29 is 18.3 Å². The molecule has 0 aliphatic carbocycles. The molecule has 5 nitrogen and oxygen atoms in total. The number of nitrogens with zero attached hydrogens (tertiary/aromatic N) is 2. The predicted octanol–water partition coefficient (Wildman–Crippen LogP) is 8.83. The van der Waals surface area contributed by atoms with E-state index in [4.69, 9.17) is 4.74 Å². The Balaban J connectivity index is 0.00000667. The van der Waals surface area contributed by atoms with Crippen LogP contribution in [-0.2, 0) is 17.7 Å². The lowest BCUT2D eigenvalue weighted by Crippen LogP contribution is -2.34. The normalized spacial score (nSPS) is 14.3. The van der Waals surface area contributed by atoms with Gasteiger partial charge < -0.3 is 10.1 Å². The van der Waals surface area contributed by atoms with Gasteiger partial charge in [0, 0.05) is 30.2 Å². The van der Waals surface area contributed by atoms with Gasteiger partial charge in [0.15, 0.2) is 0 Å². The molecule has 1 atom stereocenters. The third kappa shape index (κ3) is 11.0.